The van der Waals surface area contributed by atoms with Crippen LogP contribution in [0.25, 0.3) is 10.1 Å². The minimum absolute atomic E-state index is 0.0629. The summed E-state index contributed by atoms with van der Waals surface area (Å²) in [4.78, 5) is 24.8. The maximum atomic E-state index is 14.2. The first kappa shape index (κ1) is 20.8. The van der Waals surface area contributed by atoms with E-state index < -0.39 is 24.3 Å². The third-order valence-corrected chi connectivity index (χ3v) is 5.37. The van der Waals surface area contributed by atoms with Crippen molar-refractivity contribution in [1.82, 2.24) is 5.32 Å². The van der Waals surface area contributed by atoms with Crippen molar-refractivity contribution < 1.29 is 28.2 Å². The summed E-state index contributed by atoms with van der Waals surface area (Å²) < 4.78 is 30.2. The van der Waals surface area contributed by atoms with Crippen molar-refractivity contribution in [3.8, 4) is 5.75 Å². The number of carbonyl (C=O) groups excluding carboxylic acids is 2. The number of rotatable bonds is 8. The van der Waals surface area contributed by atoms with E-state index in [2.05, 4.69) is 5.32 Å². The molecule has 0 unspecified atom stereocenters. The lowest BCUT2D eigenvalue weighted by atomic mass is 10.1. The van der Waals surface area contributed by atoms with Gasteiger partial charge in [-0.15, -0.1) is 11.3 Å². The Morgan fingerprint density at radius 3 is 2.69 bits per heavy atom. The number of amides is 1. The summed E-state index contributed by atoms with van der Waals surface area (Å²) >= 11 is 1.11. The van der Waals surface area contributed by atoms with E-state index in [0.29, 0.717) is 21.4 Å². The van der Waals surface area contributed by atoms with Crippen LogP contribution >= 0.6 is 11.3 Å². The van der Waals surface area contributed by atoms with Gasteiger partial charge in [0.15, 0.2) is 6.61 Å². The van der Waals surface area contributed by atoms with Gasteiger partial charge in [0.05, 0.1) is 13.7 Å². The minimum atomic E-state index is -0.686. The van der Waals surface area contributed by atoms with E-state index in [9.17, 15) is 14.0 Å². The monoisotopic (exact) mass is 417 g/mol. The molecule has 0 aliphatic heterocycles. The van der Waals surface area contributed by atoms with Crippen molar-refractivity contribution in [2.24, 2.45) is 0 Å². The maximum Gasteiger partial charge on any atom is 0.349 e. The molecule has 1 N–H and O–H groups in total. The third-order valence-electron chi connectivity index (χ3n) is 4.20. The second-order valence-electron chi connectivity index (χ2n) is 6.16. The van der Waals surface area contributed by atoms with Crippen molar-refractivity contribution in [3.63, 3.8) is 0 Å². The van der Waals surface area contributed by atoms with Crippen LogP contribution in [0.2, 0.25) is 0 Å². The molecule has 29 heavy (non-hydrogen) atoms. The zero-order valence-corrected chi connectivity index (χ0v) is 16.8. The highest BCUT2D eigenvalue weighted by Gasteiger charge is 2.22. The molecular formula is C21H20FNO5S. The van der Waals surface area contributed by atoms with Gasteiger partial charge in [-0.3, -0.25) is 4.79 Å². The average Bonchev–Trinajstić information content (AvgIpc) is 3.11. The first-order chi connectivity index (χ1) is 14.0. The highest BCUT2D eigenvalue weighted by atomic mass is 32.1. The number of thiophene rings is 1. The molecule has 0 radical (unpaired) electrons. The van der Waals surface area contributed by atoms with Gasteiger partial charge in [0.25, 0.3) is 5.91 Å². The molecule has 152 valence electrons. The molecule has 6 nitrogen and oxygen atoms in total. The van der Waals surface area contributed by atoms with E-state index >= 15 is 0 Å². The van der Waals surface area contributed by atoms with Crippen LogP contribution in [0.3, 0.4) is 0 Å². The molecule has 1 aromatic heterocycles. The van der Waals surface area contributed by atoms with Crippen LogP contribution in [-0.4, -0.2) is 32.7 Å². The number of hydrogen-bond acceptors (Lipinski definition) is 6. The van der Waals surface area contributed by atoms with Gasteiger partial charge in [0.2, 0.25) is 0 Å². The van der Waals surface area contributed by atoms with Gasteiger partial charge >= 0.3 is 5.97 Å². The van der Waals surface area contributed by atoms with Crippen LogP contribution in [0.4, 0.5) is 4.39 Å². The van der Waals surface area contributed by atoms with Crippen molar-refractivity contribution in [3.05, 3.63) is 64.3 Å². The number of ether oxygens (including phenoxy) is 3. The standard InChI is InChI=1S/C21H20FNO5S/c1-26-11-15-19-16(22)7-4-8-17(19)29-20(15)21(25)28-12-18(24)23-10-13-5-3-6-14(9-13)27-2/h3-9H,10-12H2,1-2H3,(H,23,24). The molecule has 0 fully saturated rings. The Morgan fingerprint density at radius 2 is 1.93 bits per heavy atom. The summed E-state index contributed by atoms with van der Waals surface area (Å²) in [5, 5.41) is 3.02. The molecule has 0 aliphatic carbocycles. The third kappa shape index (κ3) is 4.90. The Bertz CT molecular complexity index is 1030. The molecule has 0 atom stereocenters. The van der Waals surface area contributed by atoms with Gasteiger partial charge in [-0.1, -0.05) is 18.2 Å². The normalized spacial score (nSPS) is 10.7. The summed E-state index contributed by atoms with van der Waals surface area (Å²) in [5.74, 6) is -0.873. The lowest BCUT2D eigenvalue weighted by Crippen LogP contribution is -2.28. The number of nitrogens with one attached hydrogen (secondary N) is 1. The Kier molecular flexibility index (Phi) is 6.79. The summed E-state index contributed by atoms with van der Waals surface area (Å²) in [5.41, 5.74) is 1.28. The van der Waals surface area contributed by atoms with E-state index in [-0.39, 0.29) is 18.0 Å². The van der Waals surface area contributed by atoms with Gasteiger partial charge < -0.3 is 19.5 Å². The smallest absolute Gasteiger partial charge is 0.349 e. The molecule has 3 aromatic rings. The molecule has 8 heteroatoms. The van der Waals surface area contributed by atoms with Crippen LogP contribution in [0.15, 0.2) is 42.5 Å². The number of carbonyl (C=O) groups is 2. The lowest BCUT2D eigenvalue weighted by Gasteiger charge is -2.08. The fraction of sp³-hybridized carbons (Fsp3) is 0.238. The zero-order valence-electron chi connectivity index (χ0n) is 16.0. The molecule has 0 spiro atoms. The molecule has 1 amide bonds. The van der Waals surface area contributed by atoms with Crippen molar-refractivity contribution >= 4 is 33.3 Å². The van der Waals surface area contributed by atoms with Crippen LogP contribution in [0, 0.1) is 5.82 Å². The predicted molar refractivity (Wildman–Crippen MR) is 108 cm³/mol. The van der Waals surface area contributed by atoms with E-state index in [1.54, 1.807) is 31.4 Å². The highest BCUT2D eigenvalue weighted by Crippen LogP contribution is 2.34. The lowest BCUT2D eigenvalue weighted by molar-refractivity contribution is -0.124. The second kappa shape index (κ2) is 9.49. The van der Waals surface area contributed by atoms with Gasteiger partial charge in [-0.05, 0) is 29.8 Å². The number of hydrogen-bond donors (Lipinski definition) is 1. The molecule has 0 saturated carbocycles. The molecular weight excluding hydrogens is 397 g/mol. The molecule has 2 aromatic carbocycles. The first-order valence-electron chi connectivity index (χ1n) is 8.79. The second-order valence-corrected chi connectivity index (χ2v) is 7.21. The van der Waals surface area contributed by atoms with Crippen LogP contribution in [0.5, 0.6) is 5.75 Å². The fourth-order valence-electron chi connectivity index (χ4n) is 2.85. The van der Waals surface area contributed by atoms with E-state index in [4.69, 9.17) is 14.2 Å². The molecule has 0 bridgehead atoms. The summed E-state index contributed by atoms with van der Waals surface area (Å²) in [6.07, 6.45) is 0. The van der Waals surface area contributed by atoms with Gasteiger partial charge in [-0.2, -0.15) is 0 Å². The fourth-order valence-corrected chi connectivity index (χ4v) is 3.96. The summed E-state index contributed by atoms with van der Waals surface area (Å²) in [6, 6.07) is 11.9. The first-order valence-corrected chi connectivity index (χ1v) is 9.60. The van der Waals surface area contributed by atoms with E-state index in [0.717, 1.165) is 16.9 Å². The Hall–Kier alpha value is -2.97. The number of benzene rings is 2. The average molecular weight is 417 g/mol. The van der Waals surface area contributed by atoms with Crippen molar-refractivity contribution in [2.75, 3.05) is 20.8 Å². The minimum Gasteiger partial charge on any atom is -0.497 e. The Labute approximate surface area is 171 Å². The largest absolute Gasteiger partial charge is 0.497 e. The Balaban J connectivity index is 1.63. The summed E-state index contributed by atoms with van der Waals surface area (Å²) in [6.45, 7) is -0.101. The predicted octanol–water partition coefficient (Wildman–Crippen LogP) is 3.67. The van der Waals surface area contributed by atoms with Crippen LogP contribution < -0.4 is 10.1 Å². The molecule has 0 aliphatic rings. The van der Waals surface area contributed by atoms with Gasteiger partial charge in [0.1, 0.15) is 16.4 Å². The molecule has 1 heterocycles. The van der Waals surface area contributed by atoms with E-state index in [1.807, 2.05) is 12.1 Å². The zero-order chi connectivity index (χ0) is 20.8. The number of fused-ring (bicyclic) bond motifs is 1. The number of esters is 1. The van der Waals surface area contributed by atoms with Gasteiger partial charge in [0, 0.05) is 29.3 Å². The highest BCUT2D eigenvalue weighted by molar-refractivity contribution is 7.21. The van der Waals surface area contributed by atoms with Crippen molar-refractivity contribution in [2.45, 2.75) is 13.2 Å². The topological polar surface area (TPSA) is 73.9 Å². The summed E-state index contributed by atoms with van der Waals surface area (Å²) in [7, 11) is 3.03. The number of methoxy groups -OCH3 is 2. The maximum absolute atomic E-state index is 14.2. The van der Waals surface area contributed by atoms with Crippen molar-refractivity contribution in [1.29, 1.82) is 0 Å². The quantitative estimate of drug-likeness (QED) is 0.566. The SMILES string of the molecule is COCc1c(C(=O)OCC(=O)NCc2cccc(OC)c2)sc2cccc(F)c12. The van der Waals surface area contributed by atoms with Crippen LogP contribution in [-0.2, 0) is 27.4 Å². The number of halogens is 1. The molecule has 3 rings (SSSR count). The molecule has 0 saturated heterocycles. The van der Waals surface area contributed by atoms with Crippen LogP contribution in [0.1, 0.15) is 20.8 Å². The van der Waals surface area contributed by atoms with E-state index in [1.165, 1.54) is 13.2 Å². The Morgan fingerprint density at radius 1 is 1.14 bits per heavy atom. The van der Waals surface area contributed by atoms with Gasteiger partial charge in [-0.25, -0.2) is 9.18 Å².